The summed E-state index contributed by atoms with van der Waals surface area (Å²) in [5, 5.41) is 9.45. The van der Waals surface area contributed by atoms with Crippen molar-refractivity contribution in [1.29, 1.82) is 0 Å². The zero-order chi connectivity index (χ0) is 13.4. The second-order valence-electron chi connectivity index (χ2n) is 5.89. The molecule has 3 fully saturated rings. The fourth-order valence-corrected chi connectivity index (χ4v) is 4.45. The number of nitrogens with one attached hydrogen (secondary N) is 1. The summed E-state index contributed by atoms with van der Waals surface area (Å²) in [5.41, 5.74) is 0. The predicted octanol–water partition coefficient (Wildman–Crippen LogP) is 1.94. The zero-order valence-corrected chi connectivity index (χ0v) is 11.7. The summed E-state index contributed by atoms with van der Waals surface area (Å²) in [7, 11) is 0. The van der Waals surface area contributed by atoms with E-state index in [-0.39, 0.29) is 23.7 Å². The molecule has 2 atom stereocenters. The molecule has 2 aliphatic carbocycles. The largest absolute Gasteiger partial charge is 0.465 e. The van der Waals surface area contributed by atoms with Crippen molar-refractivity contribution in [3.8, 4) is 0 Å². The van der Waals surface area contributed by atoms with Crippen molar-refractivity contribution in [1.82, 2.24) is 9.62 Å². The third kappa shape index (κ3) is 2.68. The van der Waals surface area contributed by atoms with Gasteiger partial charge in [0.05, 0.1) is 0 Å². The number of piperidine rings is 1. The summed E-state index contributed by atoms with van der Waals surface area (Å²) in [6, 6.07) is 0. The van der Waals surface area contributed by atoms with E-state index in [0.717, 1.165) is 0 Å². The Morgan fingerprint density at radius 2 is 1.74 bits per heavy atom. The van der Waals surface area contributed by atoms with Gasteiger partial charge < -0.3 is 10.0 Å². The molecule has 6 heteroatoms. The molecule has 2 saturated carbocycles. The van der Waals surface area contributed by atoms with Crippen LogP contribution in [0.4, 0.5) is 4.79 Å². The minimum absolute atomic E-state index is 0.0618. The number of fused-ring (bicyclic) bond motifs is 1. The zero-order valence-electron chi connectivity index (χ0n) is 10.9. The van der Waals surface area contributed by atoms with E-state index < -0.39 is 6.09 Å². The van der Waals surface area contributed by atoms with Gasteiger partial charge in [0.2, 0.25) is 5.91 Å². The highest BCUT2D eigenvalue weighted by atomic mass is 32.2. The van der Waals surface area contributed by atoms with Crippen LogP contribution in [0.5, 0.6) is 0 Å². The Balaban J connectivity index is 1.40. The molecule has 5 nitrogen and oxygen atoms in total. The molecular formula is C13H20N2O3S. The van der Waals surface area contributed by atoms with E-state index in [1.807, 2.05) is 0 Å². The highest BCUT2D eigenvalue weighted by molar-refractivity contribution is 7.98. The van der Waals surface area contributed by atoms with Crippen LogP contribution < -0.4 is 4.72 Å². The third-order valence-corrected chi connectivity index (χ3v) is 5.77. The summed E-state index contributed by atoms with van der Waals surface area (Å²) in [4.78, 5) is 24.3. The summed E-state index contributed by atoms with van der Waals surface area (Å²) in [6.07, 6.45) is 5.42. The van der Waals surface area contributed by atoms with E-state index in [1.165, 1.54) is 37.0 Å². The van der Waals surface area contributed by atoms with Crippen LogP contribution in [0.2, 0.25) is 0 Å². The molecular weight excluding hydrogens is 264 g/mol. The molecule has 0 aromatic heterocycles. The molecule has 1 saturated heterocycles. The van der Waals surface area contributed by atoms with Gasteiger partial charge in [-0.1, -0.05) is 19.3 Å². The minimum atomic E-state index is -0.858. The van der Waals surface area contributed by atoms with Gasteiger partial charge in [0, 0.05) is 24.3 Å². The van der Waals surface area contributed by atoms with Gasteiger partial charge in [0.15, 0.2) is 0 Å². The molecule has 1 heterocycles. The number of nitrogens with zero attached hydrogens (tertiary/aromatic N) is 1. The number of carboxylic acid groups (broad SMARTS) is 1. The van der Waals surface area contributed by atoms with Gasteiger partial charge in [-0.2, -0.15) is 0 Å². The van der Waals surface area contributed by atoms with Crippen LogP contribution in [0.3, 0.4) is 0 Å². The predicted molar refractivity (Wildman–Crippen MR) is 72.7 cm³/mol. The molecule has 2 N–H and O–H groups in total. The van der Waals surface area contributed by atoms with Crippen molar-refractivity contribution < 1.29 is 14.7 Å². The number of carbonyl (C=O) groups is 2. The quantitative estimate of drug-likeness (QED) is 0.777. The van der Waals surface area contributed by atoms with E-state index in [1.54, 1.807) is 11.9 Å². The first kappa shape index (κ1) is 13.1. The highest BCUT2D eigenvalue weighted by Crippen LogP contribution is 2.52. The highest BCUT2D eigenvalue weighted by Gasteiger charge is 2.60. The average molecular weight is 284 g/mol. The second-order valence-corrected chi connectivity index (χ2v) is 6.99. The van der Waals surface area contributed by atoms with Crippen LogP contribution in [0.1, 0.15) is 32.1 Å². The number of hydrogen-bond acceptors (Lipinski definition) is 3. The minimum Gasteiger partial charge on any atom is -0.465 e. The molecule has 3 rings (SSSR count). The number of amides is 2. The lowest BCUT2D eigenvalue weighted by atomic mass is 10.0. The molecule has 0 radical (unpaired) electrons. The van der Waals surface area contributed by atoms with Gasteiger partial charge in [-0.25, -0.2) is 4.79 Å². The number of rotatable bonds is 3. The monoisotopic (exact) mass is 284 g/mol. The van der Waals surface area contributed by atoms with Gasteiger partial charge in [-0.15, -0.1) is 0 Å². The molecule has 2 amide bonds. The summed E-state index contributed by atoms with van der Waals surface area (Å²) in [5.74, 6) is 0.716. The van der Waals surface area contributed by atoms with Gasteiger partial charge in [0.25, 0.3) is 0 Å². The van der Waals surface area contributed by atoms with Crippen LogP contribution in [0.15, 0.2) is 0 Å². The molecule has 106 valence electrons. The Kier molecular flexibility index (Phi) is 3.60. The van der Waals surface area contributed by atoms with Crippen molar-refractivity contribution >= 4 is 23.9 Å². The molecule has 19 heavy (non-hydrogen) atoms. The van der Waals surface area contributed by atoms with Gasteiger partial charge in [-0.3, -0.25) is 9.52 Å². The molecule has 1 aliphatic heterocycles. The topological polar surface area (TPSA) is 69.6 Å². The first-order valence-corrected chi connectivity index (χ1v) is 7.98. The Bertz CT molecular complexity index is 372. The summed E-state index contributed by atoms with van der Waals surface area (Å²) in [6.45, 7) is 1.07. The Morgan fingerprint density at radius 3 is 2.32 bits per heavy atom. The lowest BCUT2D eigenvalue weighted by molar-refractivity contribution is -0.121. The van der Waals surface area contributed by atoms with Gasteiger partial charge in [-0.05, 0) is 36.6 Å². The van der Waals surface area contributed by atoms with E-state index in [0.29, 0.717) is 18.3 Å². The summed E-state index contributed by atoms with van der Waals surface area (Å²) < 4.78 is 3.00. The maximum absolute atomic E-state index is 12.0. The smallest absolute Gasteiger partial charge is 0.407 e. The number of carbonyl (C=O) groups excluding carboxylic acids is 1. The molecule has 2 unspecified atom stereocenters. The van der Waals surface area contributed by atoms with Crippen LogP contribution in [-0.2, 0) is 4.79 Å². The molecule has 0 bridgehead atoms. The Morgan fingerprint density at radius 1 is 1.11 bits per heavy atom. The molecule has 0 aromatic carbocycles. The standard InChI is InChI=1S/C13H20N2O3S/c16-12(14-19-8-4-2-1-3-5-8)11-9-6-15(13(17)18)7-10(9)11/h8-11H,1-7H2,(H,14,16)(H,17,18). The summed E-state index contributed by atoms with van der Waals surface area (Å²) >= 11 is 1.59. The van der Waals surface area contributed by atoms with Crippen LogP contribution in [0, 0.1) is 17.8 Å². The maximum Gasteiger partial charge on any atom is 0.407 e. The SMILES string of the molecule is O=C(NSC1CCCCC1)C1C2CN(C(=O)O)CC21. The first-order valence-electron chi connectivity index (χ1n) is 7.10. The number of likely N-dealkylation sites (tertiary alicyclic amines) is 1. The lowest BCUT2D eigenvalue weighted by Crippen LogP contribution is -2.33. The van der Waals surface area contributed by atoms with E-state index in [4.69, 9.17) is 5.11 Å². The first-order chi connectivity index (χ1) is 9.16. The van der Waals surface area contributed by atoms with Crippen molar-refractivity contribution in [2.45, 2.75) is 37.4 Å². The van der Waals surface area contributed by atoms with E-state index in [2.05, 4.69) is 4.72 Å². The van der Waals surface area contributed by atoms with Gasteiger partial charge in [0.1, 0.15) is 0 Å². The van der Waals surface area contributed by atoms with Crippen molar-refractivity contribution in [3.05, 3.63) is 0 Å². The average Bonchev–Trinajstić information content (AvgIpc) is 2.91. The maximum atomic E-state index is 12.0. The lowest BCUT2D eigenvalue weighted by Gasteiger charge is -2.21. The fraction of sp³-hybridized carbons (Fsp3) is 0.846. The molecule has 0 spiro atoms. The van der Waals surface area contributed by atoms with Crippen LogP contribution >= 0.6 is 11.9 Å². The van der Waals surface area contributed by atoms with Crippen molar-refractivity contribution in [2.24, 2.45) is 17.8 Å². The third-order valence-electron chi connectivity index (χ3n) is 4.65. The number of hydrogen-bond donors (Lipinski definition) is 2. The van der Waals surface area contributed by atoms with E-state index >= 15 is 0 Å². The molecule has 0 aromatic rings. The van der Waals surface area contributed by atoms with Crippen molar-refractivity contribution in [3.63, 3.8) is 0 Å². The molecule has 3 aliphatic rings. The fourth-order valence-electron chi connectivity index (χ4n) is 3.46. The van der Waals surface area contributed by atoms with Crippen LogP contribution in [0.25, 0.3) is 0 Å². The van der Waals surface area contributed by atoms with Crippen molar-refractivity contribution in [2.75, 3.05) is 13.1 Å². The second kappa shape index (κ2) is 5.23. The Labute approximate surface area is 117 Å². The normalized spacial score (nSPS) is 33.9. The van der Waals surface area contributed by atoms with Crippen LogP contribution in [-0.4, -0.2) is 40.3 Å². The van der Waals surface area contributed by atoms with Gasteiger partial charge >= 0.3 is 6.09 Å². The van der Waals surface area contributed by atoms with E-state index in [9.17, 15) is 9.59 Å². The Hall–Kier alpha value is -0.910.